The van der Waals surface area contributed by atoms with Crippen molar-refractivity contribution in [1.29, 1.82) is 0 Å². The third kappa shape index (κ3) is 2.31. The quantitative estimate of drug-likeness (QED) is 0.753. The van der Waals surface area contributed by atoms with Gasteiger partial charge < -0.3 is 9.84 Å². The van der Waals surface area contributed by atoms with Crippen LogP contribution in [0, 0.1) is 5.41 Å². The Balaban J connectivity index is 2.02. The maximum atomic E-state index is 13.5. The summed E-state index contributed by atoms with van der Waals surface area (Å²) >= 11 is 0. The number of carbonyl (C=O) groups excluding carboxylic acids is 1. The fourth-order valence-electron chi connectivity index (χ4n) is 4.48. The number of aliphatic hydroxyl groups is 1. The van der Waals surface area contributed by atoms with E-state index in [9.17, 15) is 9.90 Å². The Labute approximate surface area is 161 Å². The average Bonchev–Trinajstić information content (AvgIpc) is 3.37. The third-order valence-electron chi connectivity index (χ3n) is 6.20. The number of fused-ring (bicyclic) bond motifs is 2. The molecule has 0 aromatic heterocycles. The SMILES string of the molecule is CC(C)(C)c1ccc2c(c1)[C@](O)(c1ccccc1)[C@@H]1O[C@]1(C(C)(C)C)C2=O. The molecule has 0 amide bonds. The van der Waals surface area contributed by atoms with E-state index in [4.69, 9.17) is 4.74 Å². The molecular weight excluding hydrogens is 336 g/mol. The number of ether oxygens (including phenoxy) is 1. The van der Waals surface area contributed by atoms with E-state index >= 15 is 0 Å². The van der Waals surface area contributed by atoms with Crippen molar-refractivity contribution in [3.8, 4) is 0 Å². The first-order chi connectivity index (χ1) is 12.4. The molecule has 1 aliphatic heterocycles. The van der Waals surface area contributed by atoms with Gasteiger partial charge in [-0.2, -0.15) is 0 Å². The van der Waals surface area contributed by atoms with Crippen molar-refractivity contribution >= 4 is 5.78 Å². The highest BCUT2D eigenvalue weighted by atomic mass is 16.6. The van der Waals surface area contributed by atoms with Gasteiger partial charge in [-0.1, -0.05) is 90.1 Å². The summed E-state index contributed by atoms with van der Waals surface area (Å²) in [5.41, 5.74) is 0.239. The van der Waals surface area contributed by atoms with Crippen molar-refractivity contribution in [2.24, 2.45) is 5.41 Å². The molecule has 0 bridgehead atoms. The van der Waals surface area contributed by atoms with Gasteiger partial charge in [0.05, 0.1) is 0 Å². The Kier molecular flexibility index (Phi) is 3.61. The largest absolute Gasteiger partial charge is 0.377 e. The highest BCUT2D eigenvalue weighted by molar-refractivity contribution is 6.09. The standard InChI is InChI=1S/C24H28O3/c1-21(2,3)16-12-13-17-18(14-16)23(26,15-10-8-7-9-11-15)20-24(27-20,19(17)25)22(4,5)6/h7-14,20,26H,1-6H3/t20-,23+,24+/m0/s1. The number of benzene rings is 2. The van der Waals surface area contributed by atoms with Gasteiger partial charge in [0.25, 0.3) is 0 Å². The van der Waals surface area contributed by atoms with Gasteiger partial charge in [-0.25, -0.2) is 0 Å². The zero-order valence-electron chi connectivity index (χ0n) is 17.0. The van der Waals surface area contributed by atoms with E-state index in [1.165, 1.54) is 0 Å². The molecule has 4 rings (SSSR count). The number of epoxide rings is 1. The first-order valence-corrected chi connectivity index (χ1v) is 9.59. The van der Waals surface area contributed by atoms with E-state index < -0.39 is 22.7 Å². The third-order valence-corrected chi connectivity index (χ3v) is 6.20. The minimum atomic E-state index is -1.35. The molecule has 2 aliphatic rings. The molecule has 3 nitrogen and oxygen atoms in total. The van der Waals surface area contributed by atoms with Crippen LogP contribution < -0.4 is 0 Å². The van der Waals surface area contributed by atoms with E-state index in [0.29, 0.717) is 11.1 Å². The molecule has 1 aliphatic carbocycles. The lowest BCUT2D eigenvalue weighted by molar-refractivity contribution is 0.0428. The van der Waals surface area contributed by atoms with Crippen LogP contribution in [0.1, 0.15) is 68.6 Å². The Bertz CT molecular complexity index is 917. The zero-order chi connectivity index (χ0) is 19.8. The number of rotatable bonds is 1. The summed E-state index contributed by atoms with van der Waals surface area (Å²) in [5.74, 6) is -0.0175. The van der Waals surface area contributed by atoms with Crippen molar-refractivity contribution in [1.82, 2.24) is 0 Å². The normalized spacial score (nSPS) is 29.9. The molecule has 27 heavy (non-hydrogen) atoms. The molecule has 142 valence electrons. The summed E-state index contributed by atoms with van der Waals surface area (Å²) in [6.07, 6.45) is -0.581. The van der Waals surface area contributed by atoms with Gasteiger partial charge >= 0.3 is 0 Å². The Morgan fingerprint density at radius 2 is 1.59 bits per heavy atom. The van der Waals surface area contributed by atoms with Crippen LogP contribution in [0.25, 0.3) is 0 Å². The first-order valence-electron chi connectivity index (χ1n) is 9.59. The molecular formula is C24H28O3. The van der Waals surface area contributed by atoms with Crippen molar-refractivity contribution in [2.45, 2.75) is 64.3 Å². The van der Waals surface area contributed by atoms with Crippen LogP contribution in [0.5, 0.6) is 0 Å². The van der Waals surface area contributed by atoms with Crippen LogP contribution in [0.4, 0.5) is 0 Å². The summed E-state index contributed by atoms with van der Waals surface area (Å²) in [6.45, 7) is 12.4. The maximum absolute atomic E-state index is 13.5. The van der Waals surface area contributed by atoms with Gasteiger partial charge in [0.1, 0.15) is 11.7 Å². The molecule has 0 unspecified atom stereocenters. The van der Waals surface area contributed by atoms with Gasteiger partial charge in [-0.05, 0) is 16.5 Å². The molecule has 0 spiro atoms. The summed E-state index contributed by atoms with van der Waals surface area (Å²) < 4.78 is 6.12. The van der Waals surface area contributed by atoms with Crippen molar-refractivity contribution < 1.29 is 14.6 Å². The molecule has 3 atom stereocenters. The molecule has 1 N–H and O–H groups in total. The van der Waals surface area contributed by atoms with Crippen LogP contribution >= 0.6 is 0 Å². The van der Waals surface area contributed by atoms with Crippen molar-refractivity contribution in [3.63, 3.8) is 0 Å². The number of hydrogen-bond acceptors (Lipinski definition) is 3. The lowest BCUT2D eigenvalue weighted by atomic mass is 9.62. The number of hydrogen-bond donors (Lipinski definition) is 1. The van der Waals surface area contributed by atoms with Crippen molar-refractivity contribution in [3.05, 3.63) is 70.8 Å². The minimum Gasteiger partial charge on any atom is -0.377 e. The molecule has 1 fully saturated rings. The second kappa shape index (κ2) is 5.30. The number of carbonyl (C=O) groups is 1. The molecule has 3 heteroatoms. The molecule has 1 heterocycles. The van der Waals surface area contributed by atoms with Crippen molar-refractivity contribution in [2.75, 3.05) is 0 Å². The fourth-order valence-corrected chi connectivity index (χ4v) is 4.48. The molecule has 0 saturated carbocycles. The number of Topliss-reactive ketones (excluding diaryl/α,β-unsaturated/α-hetero) is 1. The highest BCUT2D eigenvalue weighted by Gasteiger charge is 2.78. The predicted octanol–water partition coefficient (Wildman–Crippen LogP) is 4.60. The van der Waals surface area contributed by atoms with E-state index in [2.05, 4.69) is 20.8 Å². The molecule has 1 saturated heterocycles. The Morgan fingerprint density at radius 3 is 2.15 bits per heavy atom. The van der Waals surface area contributed by atoms with Gasteiger partial charge in [0, 0.05) is 16.5 Å². The Morgan fingerprint density at radius 1 is 0.963 bits per heavy atom. The minimum absolute atomic E-state index is 0.0175. The summed E-state index contributed by atoms with van der Waals surface area (Å²) in [4.78, 5) is 13.5. The smallest absolute Gasteiger partial charge is 0.198 e. The number of ketones is 1. The van der Waals surface area contributed by atoms with Gasteiger partial charge in [0.15, 0.2) is 11.4 Å². The summed E-state index contributed by atoms with van der Waals surface area (Å²) in [7, 11) is 0. The Hall–Kier alpha value is -1.97. The van der Waals surface area contributed by atoms with Crippen LogP contribution in [0.2, 0.25) is 0 Å². The zero-order valence-corrected chi connectivity index (χ0v) is 17.0. The van der Waals surface area contributed by atoms with Crippen LogP contribution in [0.3, 0.4) is 0 Å². The second-order valence-electron chi connectivity index (χ2n) is 9.96. The summed E-state index contributed by atoms with van der Waals surface area (Å²) in [6, 6.07) is 15.5. The average molecular weight is 364 g/mol. The van der Waals surface area contributed by atoms with Crippen LogP contribution in [0.15, 0.2) is 48.5 Å². The van der Waals surface area contributed by atoms with E-state index in [1.807, 2.05) is 69.3 Å². The van der Waals surface area contributed by atoms with Crippen LogP contribution in [-0.4, -0.2) is 22.6 Å². The monoisotopic (exact) mass is 364 g/mol. The first kappa shape index (κ1) is 18.4. The van der Waals surface area contributed by atoms with Gasteiger partial charge in [-0.15, -0.1) is 0 Å². The van der Waals surface area contributed by atoms with E-state index in [1.54, 1.807) is 0 Å². The van der Waals surface area contributed by atoms with Gasteiger partial charge in [-0.3, -0.25) is 4.79 Å². The van der Waals surface area contributed by atoms with Crippen LogP contribution in [-0.2, 0) is 15.8 Å². The second-order valence-corrected chi connectivity index (χ2v) is 9.96. The fraction of sp³-hybridized carbons (Fsp3) is 0.458. The summed E-state index contributed by atoms with van der Waals surface area (Å²) in [5, 5.41) is 12.1. The molecule has 0 radical (unpaired) electrons. The van der Waals surface area contributed by atoms with E-state index in [-0.39, 0.29) is 11.2 Å². The molecule has 2 aromatic carbocycles. The highest BCUT2D eigenvalue weighted by Crippen LogP contribution is 2.63. The lowest BCUT2D eigenvalue weighted by Crippen LogP contribution is -2.52. The van der Waals surface area contributed by atoms with E-state index in [0.717, 1.165) is 11.1 Å². The lowest BCUT2D eigenvalue weighted by Gasteiger charge is -2.39. The van der Waals surface area contributed by atoms with Gasteiger partial charge in [0.2, 0.25) is 0 Å². The predicted molar refractivity (Wildman–Crippen MR) is 106 cm³/mol. The topological polar surface area (TPSA) is 49.8 Å². The maximum Gasteiger partial charge on any atom is 0.198 e. The molecule has 2 aromatic rings.